The van der Waals surface area contributed by atoms with Crippen molar-refractivity contribution in [1.29, 1.82) is 0 Å². The Kier molecular flexibility index (Phi) is 7.87. The minimum Gasteiger partial charge on any atom is -0.475 e. The van der Waals surface area contributed by atoms with Gasteiger partial charge >= 0.3 is 12.1 Å². The first-order valence-electron chi connectivity index (χ1n) is 9.20. The number of anilines is 2. The fourth-order valence-corrected chi connectivity index (χ4v) is 4.54. The first kappa shape index (κ1) is 24.2. The van der Waals surface area contributed by atoms with E-state index in [9.17, 15) is 18.0 Å². The van der Waals surface area contributed by atoms with Crippen molar-refractivity contribution >= 4 is 68.0 Å². The number of carbonyl (C=O) groups is 2. The SMILES string of the molecule is O=C(Nc1cscc1Cl)c1csc2ncc(N3CCCNCC3)nc12.O=C(O)C(F)(F)F. The van der Waals surface area contributed by atoms with Gasteiger partial charge in [0.1, 0.15) is 16.2 Å². The Morgan fingerprint density at radius 1 is 1.22 bits per heavy atom. The van der Waals surface area contributed by atoms with Crippen molar-refractivity contribution < 1.29 is 27.9 Å². The molecule has 1 aliphatic heterocycles. The van der Waals surface area contributed by atoms with Gasteiger partial charge in [-0.1, -0.05) is 11.6 Å². The van der Waals surface area contributed by atoms with E-state index >= 15 is 0 Å². The number of fused-ring (bicyclic) bond motifs is 1. The lowest BCUT2D eigenvalue weighted by Gasteiger charge is -2.20. The number of carbonyl (C=O) groups excluding carboxylic acids is 1. The van der Waals surface area contributed by atoms with E-state index in [2.05, 4.69) is 20.5 Å². The standard InChI is InChI=1S/C16H16ClN5OS2.C2HF3O2/c17-11-8-24-9-12(11)20-15(23)10-7-25-16-14(10)21-13(6-19-16)22-4-1-2-18-3-5-22;3-2(4,5)1(6)7/h6-9,18H,1-5H2,(H,20,23);(H,6,7). The van der Waals surface area contributed by atoms with Gasteiger partial charge in [-0.3, -0.25) is 4.79 Å². The van der Waals surface area contributed by atoms with E-state index in [1.165, 1.54) is 22.7 Å². The first-order valence-corrected chi connectivity index (χ1v) is 11.4. The third-order valence-corrected chi connectivity index (χ3v) is 6.35. The molecule has 1 saturated heterocycles. The number of carboxylic acid groups (broad SMARTS) is 1. The van der Waals surface area contributed by atoms with E-state index in [1.54, 1.807) is 17.0 Å². The van der Waals surface area contributed by atoms with Gasteiger partial charge in [0.2, 0.25) is 0 Å². The molecule has 0 spiro atoms. The number of aliphatic carboxylic acids is 1. The zero-order valence-electron chi connectivity index (χ0n) is 16.3. The lowest BCUT2D eigenvalue weighted by atomic mass is 10.2. The average Bonchev–Trinajstić information content (AvgIpc) is 3.23. The smallest absolute Gasteiger partial charge is 0.475 e. The van der Waals surface area contributed by atoms with Gasteiger partial charge in [-0.05, 0) is 13.0 Å². The Labute approximate surface area is 193 Å². The molecule has 172 valence electrons. The molecule has 0 saturated carbocycles. The van der Waals surface area contributed by atoms with Gasteiger partial charge in [-0.25, -0.2) is 14.8 Å². The predicted octanol–water partition coefficient (Wildman–Crippen LogP) is 4.09. The van der Waals surface area contributed by atoms with Crippen LogP contribution in [0, 0.1) is 0 Å². The molecule has 0 atom stereocenters. The molecular formula is C18H17ClF3N5O3S2. The zero-order chi connectivity index (χ0) is 23.3. The number of alkyl halides is 3. The molecule has 4 heterocycles. The van der Waals surface area contributed by atoms with Crippen LogP contribution in [0.1, 0.15) is 16.8 Å². The molecule has 14 heteroatoms. The highest BCUT2D eigenvalue weighted by atomic mass is 35.5. The Morgan fingerprint density at radius 3 is 2.62 bits per heavy atom. The zero-order valence-corrected chi connectivity index (χ0v) is 18.7. The van der Waals surface area contributed by atoms with Crippen LogP contribution in [-0.4, -0.2) is 59.3 Å². The van der Waals surface area contributed by atoms with Gasteiger partial charge in [0.25, 0.3) is 5.91 Å². The van der Waals surface area contributed by atoms with Crippen LogP contribution in [0.15, 0.2) is 22.3 Å². The number of hydrogen-bond acceptors (Lipinski definition) is 8. The van der Waals surface area contributed by atoms with Crippen molar-refractivity contribution in [3.8, 4) is 0 Å². The molecule has 8 nitrogen and oxygen atoms in total. The molecule has 1 amide bonds. The normalized spacial score (nSPS) is 14.4. The highest BCUT2D eigenvalue weighted by Crippen LogP contribution is 2.29. The van der Waals surface area contributed by atoms with E-state index in [4.69, 9.17) is 26.5 Å². The van der Waals surface area contributed by atoms with Crippen LogP contribution in [0.4, 0.5) is 24.7 Å². The number of halogens is 4. The molecule has 3 aromatic rings. The number of rotatable bonds is 3. The molecule has 0 unspecified atom stereocenters. The summed E-state index contributed by atoms with van der Waals surface area (Å²) in [6.45, 7) is 3.76. The van der Waals surface area contributed by atoms with Gasteiger partial charge in [0, 0.05) is 35.8 Å². The Balaban J connectivity index is 0.000000360. The Hall–Kier alpha value is -2.48. The topological polar surface area (TPSA) is 107 Å². The van der Waals surface area contributed by atoms with Gasteiger partial charge in [0.15, 0.2) is 0 Å². The van der Waals surface area contributed by atoms with Crippen molar-refractivity contribution in [2.75, 3.05) is 36.4 Å². The number of nitrogens with zero attached hydrogens (tertiary/aromatic N) is 3. The van der Waals surface area contributed by atoms with Crippen LogP contribution in [0.5, 0.6) is 0 Å². The maximum absolute atomic E-state index is 12.6. The van der Waals surface area contributed by atoms with Crippen LogP contribution >= 0.6 is 34.3 Å². The van der Waals surface area contributed by atoms with Crippen molar-refractivity contribution in [1.82, 2.24) is 15.3 Å². The monoisotopic (exact) mass is 507 g/mol. The van der Waals surface area contributed by atoms with Crippen LogP contribution < -0.4 is 15.5 Å². The fourth-order valence-electron chi connectivity index (χ4n) is 2.75. The molecular weight excluding hydrogens is 491 g/mol. The lowest BCUT2D eigenvalue weighted by molar-refractivity contribution is -0.192. The van der Waals surface area contributed by atoms with Crippen molar-refractivity contribution in [2.24, 2.45) is 0 Å². The summed E-state index contributed by atoms with van der Waals surface area (Å²) in [6.07, 6.45) is -2.23. The second-order valence-electron chi connectivity index (χ2n) is 6.51. The molecule has 3 N–H and O–H groups in total. The second-order valence-corrected chi connectivity index (χ2v) is 8.52. The lowest BCUT2D eigenvalue weighted by Crippen LogP contribution is -2.28. The van der Waals surface area contributed by atoms with Gasteiger partial charge < -0.3 is 20.6 Å². The summed E-state index contributed by atoms with van der Waals surface area (Å²) >= 11 is 8.93. The third kappa shape index (κ3) is 6.06. The van der Waals surface area contributed by atoms with Gasteiger partial charge in [0.05, 0.1) is 22.5 Å². The summed E-state index contributed by atoms with van der Waals surface area (Å²) in [5.41, 5.74) is 1.80. The van der Waals surface area contributed by atoms with Crippen molar-refractivity contribution in [3.05, 3.63) is 32.9 Å². The number of hydrogen-bond donors (Lipinski definition) is 3. The summed E-state index contributed by atoms with van der Waals surface area (Å²) in [6, 6.07) is 0. The summed E-state index contributed by atoms with van der Waals surface area (Å²) in [5.74, 6) is -2.15. The molecule has 32 heavy (non-hydrogen) atoms. The minimum atomic E-state index is -5.08. The number of carboxylic acids is 1. The van der Waals surface area contributed by atoms with Crippen LogP contribution in [0.3, 0.4) is 0 Å². The largest absolute Gasteiger partial charge is 0.490 e. The average molecular weight is 508 g/mol. The van der Waals surface area contributed by atoms with E-state index in [0.29, 0.717) is 21.8 Å². The minimum absolute atomic E-state index is 0.212. The Morgan fingerprint density at radius 2 is 1.97 bits per heavy atom. The highest BCUT2D eigenvalue weighted by Gasteiger charge is 2.38. The van der Waals surface area contributed by atoms with Gasteiger partial charge in [-0.2, -0.15) is 13.2 Å². The first-order chi connectivity index (χ1) is 15.2. The number of amides is 1. The summed E-state index contributed by atoms with van der Waals surface area (Å²) < 4.78 is 31.7. The molecule has 0 radical (unpaired) electrons. The van der Waals surface area contributed by atoms with E-state index in [-0.39, 0.29) is 5.91 Å². The molecule has 1 fully saturated rings. The number of thiophene rings is 2. The summed E-state index contributed by atoms with van der Waals surface area (Å²) in [5, 5.41) is 19.3. The molecule has 1 aliphatic rings. The molecule has 0 aromatic carbocycles. The Bertz CT molecular complexity index is 1100. The van der Waals surface area contributed by atoms with E-state index in [0.717, 1.165) is 43.2 Å². The molecule has 0 bridgehead atoms. The molecule has 4 rings (SSSR count). The highest BCUT2D eigenvalue weighted by molar-refractivity contribution is 7.17. The van der Waals surface area contributed by atoms with Crippen molar-refractivity contribution in [3.63, 3.8) is 0 Å². The van der Waals surface area contributed by atoms with Gasteiger partial charge in [-0.15, -0.1) is 22.7 Å². The second kappa shape index (κ2) is 10.4. The summed E-state index contributed by atoms with van der Waals surface area (Å²) in [7, 11) is 0. The quantitative estimate of drug-likeness (QED) is 0.490. The molecule has 3 aromatic heterocycles. The fraction of sp³-hybridized carbons (Fsp3) is 0.333. The maximum Gasteiger partial charge on any atom is 0.490 e. The van der Waals surface area contributed by atoms with Crippen LogP contribution in [-0.2, 0) is 4.79 Å². The predicted molar refractivity (Wildman–Crippen MR) is 118 cm³/mol. The van der Waals surface area contributed by atoms with Crippen LogP contribution in [0.25, 0.3) is 10.3 Å². The summed E-state index contributed by atoms with van der Waals surface area (Å²) in [4.78, 5) is 33.7. The van der Waals surface area contributed by atoms with Crippen molar-refractivity contribution in [2.45, 2.75) is 12.6 Å². The molecule has 0 aliphatic carbocycles. The van der Waals surface area contributed by atoms with E-state index in [1.807, 2.05) is 5.38 Å². The number of nitrogens with one attached hydrogen (secondary N) is 2. The van der Waals surface area contributed by atoms with E-state index < -0.39 is 12.1 Å². The maximum atomic E-state index is 12.6. The van der Waals surface area contributed by atoms with Crippen LogP contribution in [0.2, 0.25) is 5.02 Å². The number of aromatic nitrogens is 2. The third-order valence-electron chi connectivity index (χ3n) is 4.28.